The summed E-state index contributed by atoms with van der Waals surface area (Å²) in [7, 11) is -4.24. The maximum absolute atomic E-state index is 12.7. The molecule has 0 bridgehead atoms. The Kier molecular flexibility index (Phi) is 15.2. The Hall–Kier alpha value is -1.18. The van der Waals surface area contributed by atoms with Crippen molar-refractivity contribution >= 4 is 22.1 Å². The molecule has 0 aliphatic heterocycles. The van der Waals surface area contributed by atoms with Crippen LogP contribution in [-0.4, -0.2) is 41.2 Å². The lowest BCUT2D eigenvalue weighted by atomic mass is 10.1. The van der Waals surface area contributed by atoms with Gasteiger partial charge in [0.25, 0.3) is 0 Å². The zero-order valence-electron chi connectivity index (χ0n) is 23.0. The van der Waals surface area contributed by atoms with Crippen molar-refractivity contribution in [2.75, 3.05) is 26.9 Å². The molecule has 0 N–H and O–H groups in total. The first-order valence-corrected chi connectivity index (χ1v) is 16.4. The second-order valence-corrected chi connectivity index (χ2v) is 16.1. The highest BCUT2D eigenvalue weighted by Gasteiger charge is 2.37. The van der Waals surface area contributed by atoms with Crippen molar-refractivity contribution in [3.8, 4) is 0 Å². The van der Waals surface area contributed by atoms with Crippen molar-refractivity contribution in [2.24, 2.45) is 0 Å². The topological polar surface area (TPSA) is 80.3 Å². The standard InChI is InChI=1S/C25H47O7PSi/c1-11-29-33(27,30-12-2)32-23(19-24(26)28-8)18-14-16-21(3)15-13-17-22(4)20-31-34(9,10)25(5,6)7/h16-17,19H,11-15,18,20H2,1-10H3/b21-16?,22-17?,23-19-. The number of phosphoric ester groups is 1. The minimum Gasteiger partial charge on any atom is -0.466 e. The first kappa shape index (κ1) is 32.8. The molecule has 0 fully saturated rings. The third kappa shape index (κ3) is 13.6. The van der Waals surface area contributed by atoms with Gasteiger partial charge in [-0.1, -0.05) is 44.1 Å². The number of rotatable bonds is 16. The Labute approximate surface area is 208 Å². The Morgan fingerprint density at radius 1 is 0.941 bits per heavy atom. The van der Waals surface area contributed by atoms with Gasteiger partial charge in [0.1, 0.15) is 5.76 Å². The lowest BCUT2D eigenvalue weighted by molar-refractivity contribution is -0.135. The molecule has 0 saturated heterocycles. The van der Waals surface area contributed by atoms with E-state index in [2.05, 4.69) is 64.6 Å². The van der Waals surface area contributed by atoms with E-state index < -0.39 is 22.1 Å². The van der Waals surface area contributed by atoms with Gasteiger partial charge < -0.3 is 13.7 Å². The van der Waals surface area contributed by atoms with Crippen LogP contribution >= 0.6 is 7.82 Å². The molecule has 0 amide bonds. The molecule has 0 aromatic carbocycles. The van der Waals surface area contributed by atoms with Crippen LogP contribution in [0.25, 0.3) is 0 Å². The van der Waals surface area contributed by atoms with E-state index >= 15 is 0 Å². The fourth-order valence-electron chi connectivity index (χ4n) is 2.56. The summed E-state index contributed by atoms with van der Waals surface area (Å²) < 4.78 is 39.5. The van der Waals surface area contributed by atoms with Crippen LogP contribution in [0.4, 0.5) is 0 Å². The molecule has 0 rings (SSSR count). The first-order chi connectivity index (χ1) is 15.7. The molecule has 0 heterocycles. The molecular weight excluding hydrogens is 471 g/mol. The van der Waals surface area contributed by atoms with Crippen LogP contribution in [0.15, 0.2) is 35.1 Å². The number of carbonyl (C=O) groups excluding carboxylic acids is 1. The predicted molar refractivity (Wildman–Crippen MR) is 141 cm³/mol. The van der Waals surface area contributed by atoms with Gasteiger partial charge in [0, 0.05) is 6.42 Å². The summed E-state index contributed by atoms with van der Waals surface area (Å²) >= 11 is 0. The molecule has 0 spiro atoms. The van der Waals surface area contributed by atoms with Gasteiger partial charge in [-0.3, -0.25) is 9.05 Å². The van der Waals surface area contributed by atoms with Crippen molar-refractivity contribution in [2.45, 2.75) is 92.3 Å². The van der Waals surface area contributed by atoms with Crippen molar-refractivity contribution < 1.29 is 32.1 Å². The largest absolute Gasteiger partial charge is 0.529 e. The van der Waals surface area contributed by atoms with E-state index in [0.29, 0.717) is 19.4 Å². The minimum absolute atomic E-state index is 0.162. The number of methoxy groups -OCH3 is 1. The van der Waals surface area contributed by atoms with Gasteiger partial charge in [-0.2, -0.15) is 0 Å². The van der Waals surface area contributed by atoms with Crippen LogP contribution in [-0.2, 0) is 32.1 Å². The van der Waals surface area contributed by atoms with E-state index in [-0.39, 0.29) is 24.0 Å². The van der Waals surface area contributed by atoms with E-state index in [4.69, 9.17) is 18.0 Å². The Bertz CT molecular complexity index is 754. The lowest BCUT2D eigenvalue weighted by Gasteiger charge is -2.36. The number of allylic oxidation sites excluding steroid dienone is 4. The summed E-state index contributed by atoms with van der Waals surface area (Å²) in [5.41, 5.74) is 2.47. The highest BCUT2D eigenvalue weighted by molar-refractivity contribution is 7.48. The Morgan fingerprint density at radius 3 is 1.97 bits per heavy atom. The molecule has 198 valence electrons. The molecule has 0 unspecified atom stereocenters. The van der Waals surface area contributed by atoms with Gasteiger partial charge in [0.05, 0.1) is 33.0 Å². The SMILES string of the molecule is CCOP(=O)(OCC)O/C(=C\C(=O)OC)CCC=C(C)CCC=C(C)CO[Si](C)(C)C(C)(C)C. The minimum atomic E-state index is -3.78. The number of esters is 1. The number of hydrogen-bond acceptors (Lipinski definition) is 7. The van der Waals surface area contributed by atoms with E-state index in [0.717, 1.165) is 12.8 Å². The first-order valence-electron chi connectivity index (χ1n) is 12.0. The highest BCUT2D eigenvalue weighted by atomic mass is 31.2. The monoisotopic (exact) mass is 518 g/mol. The van der Waals surface area contributed by atoms with E-state index in [1.54, 1.807) is 13.8 Å². The Morgan fingerprint density at radius 2 is 1.47 bits per heavy atom. The maximum atomic E-state index is 12.7. The normalized spacial score (nSPS) is 14.4. The highest BCUT2D eigenvalue weighted by Crippen LogP contribution is 2.51. The van der Waals surface area contributed by atoms with Crippen LogP contribution in [0.3, 0.4) is 0 Å². The van der Waals surface area contributed by atoms with Crippen LogP contribution in [0.2, 0.25) is 18.1 Å². The molecular formula is C25H47O7PSi. The summed E-state index contributed by atoms with van der Waals surface area (Å²) in [5, 5.41) is 0.205. The summed E-state index contributed by atoms with van der Waals surface area (Å²) in [6.45, 7) is 19.8. The van der Waals surface area contributed by atoms with Crippen molar-refractivity contribution in [3.05, 3.63) is 35.1 Å². The third-order valence-corrected chi connectivity index (χ3v) is 11.8. The number of phosphoric acid groups is 1. The van der Waals surface area contributed by atoms with Crippen molar-refractivity contribution in [1.82, 2.24) is 0 Å². The van der Waals surface area contributed by atoms with Crippen LogP contribution < -0.4 is 0 Å². The average molecular weight is 519 g/mol. The van der Waals surface area contributed by atoms with Crippen molar-refractivity contribution in [3.63, 3.8) is 0 Å². The molecule has 0 atom stereocenters. The van der Waals surface area contributed by atoms with E-state index in [1.165, 1.54) is 24.3 Å². The average Bonchev–Trinajstić information content (AvgIpc) is 2.71. The summed E-state index contributed by atoms with van der Waals surface area (Å²) in [4.78, 5) is 11.7. The van der Waals surface area contributed by atoms with E-state index in [1.807, 2.05) is 0 Å². The maximum Gasteiger partial charge on any atom is 0.529 e. The molecule has 34 heavy (non-hydrogen) atoms. The van der Waals surface area contributed by atoms with Crippen LogP contribution in [0.5, 0.6) is 0 Å². The van der Waals surface area contributed by atoms with Gasteiger partial charge in [-0.05, 0) is 65.1 Å². The van der Waals surface area contributed by atoms with Crippen LogP contribution in [0.1, 0.15) is 74.1 Å². The van der Waals surface area contributed by atoms with Gasteiger partial charge in [-0.15, -0.1) is 0 Å². The number of carbonyl (C=O) groups is 1. The molecule has 0 aliphatic carbocycles. The molecule has 0 radical (unpaired) electrons. The van der Waals surface area contributed by atoms with Gasteiger partial charge >= 0.3 is 13.8 Å². The molecule has 0 aliphatic rings. The quantitative estimate of drug-likeness (QED) is 0.0517. The molecule has 0 aromatic heterocycles. The second-order valence-electron chi connectivity index (χ2n) is 9.74. The smallest absolute Gasteiger partial charge is 0.466 e. The predicted octanol–water partition coefficient (Wildman–Crippen LogP) is 7.72. The fraction of sp³-hybridized carbons (Fsp3) is 0.720. The second kappa shape index (κ2) is 15.7. The van der Waals surface area contributed by atoms with Gasteiger partial charge in [0.15, 0.2) is 8.32 Å². The number of ether oxygens (including phenoxy) is 1. The third-order valence-electron chi connectivity index (χ3n) is 5.67. The lowest BCUT2D eigenvalue weighted by Crippen LogP contribution is -2.41. The fourth-order valence-corrected chi connectivity index (χ4v) is 4.83. The van der Waals surface area contributed by atoms with E-state index in [9.17, 15) is 9.36 Å². The molecule has 9 heteroatoms. The zero-order valence-corrected chi connectivity index (χ0v) is 24.9. The molecule has 7 nitrogen and oxygen atoms in total. The summed E-state index contributed by atoms with van der Waals surface area (Å²) in [5.74, 6) is -0.379. The molecule has 0 saturated carbocycles. The zero-order chi connectivity index (χ0) is 26.4. The van der Waals surface area contributed by atoms with Gasteiger partial charge in [0.2, 0.25) is 0 Å². The van der Waals surface area contributed by atoms with Crippen molar-refractivity contribution in [1.29, 1.82) is 0 Å². The molecule has 0 aromatic rings. The van der Waals surface area contributed by atoms with Gasteiger partial charge in [-0.25, -0.2) is 9.36 Å². The van der Waals surface area contributed by atoms with Crippen LogP contribution in [0, 0.1) is 0 Å². The summed E-state index contributed by atoms with van der Waals surface area (Å²) in [6, 6.07) is 0. The summed E-state index contributed by atoms with van der Waals surface area (Å²) in [6.07, 6.45) is 8.34. The number of hydrogen-bond donors (Lipinski definition) is 0. The Balaban J connectivity index is 4.89.